The molecule has 204 valence electrons. The highest BCUT2D eigenvalue weighted by atomic mass is 32.2. The molecule has 1 aliphatic rings. The third-order valence-corrected chi connectivity index (χ3v) is 7.16. The summed E-state index contributed by atoms with van der Waals surface area (Å²) in [6, 6.07) is 15.1. The Kier molecular flexibility index (Phi) is 10.5. The largest absolute Gasteiger partial charge is 0.479 e. The van der Waals surface area contributed by atoms with Crippen LogP contribution in [-0.4, -0.2) is 74.8 Å². The van der Waals surface area contributed by atoms with E-state index in [0.29, 0.717) is 5.75 Å². The number of aliphatic hydroxyl groups is 1. The molecule has 0 aromatic heterocycles. The smallest absolute Gasteiger partial charge is 0.408 e. The Balaban J connectivity index is 1.66. The van der Waals surface area contributed by atoms with Gasteiger partial charge in [0, 0.05) is 5.75 Å². The lowest BCUT2D eigenvalue weighted by Crippen LogP contribution is -2.58. The number of rotatable bonds is 11. The quantitative estimate of drug-likeness (QED) is 0.337. The Morgan fingerprint density at radius 1 is 1.00 bits per heavy atom. The summed E-state index contributed by atoms with van der Waals surface area (Å²) in [6.45, 7) is 3.60. The Hall–Kier alpha value is -3.57. The van der Waals surface area contributed by atoms with Crippen molar-refractivity contribution in [2.45, 2.75) is 51.1 Å². The summed E-state index contributed by atoms with van der Waals surface area (Å²) in [5, 5.41) is 24.9. The number of benzene rings is 2. The second kappa shape index (κ2) is 13.8. The Bertz CT molecular complexity index is 1100. The molecule has 2 aromatic rings. The van der Waals surface area contributed by atoms with E-state index in [-0.39, 0.29) is 24.8 Å². The van der Waals surface area contributed by atoms with Gasteiger partial charge in [-0.1, -0.05) is 74.5 Å². The molecule has 2 aromatic carbocycles. The summed E-state index contributed by atoms with van der Waals surface area (Å²) in [4.78, 5) is 52.0. The summed E-state index contributed by atoms with van der Waals surface area (Å²) in [5.74, 6) is -2.24. The van der Waals surface area contributed by atoms with Crippen molar-refractivity contribution >= 4 is 35.6 Å². The number of thioether (sulfide) groups is 1. The molecule has 0 radical (unpaired) electrons. The predicted octanol–water partition coefficient (Wildman–Crippen LogP) is 2.01. The van der Waals surface area contributed by atoms with Crippen LogP contribution < -0.4 is 10.6 Å². The number of aliphatic carboxylic acids is 1. The molecule has 1 saturated heterocycles. The minimum absolute atomic E-state index is 0.0466. The molecule has 0 aliphatic carbocycles. The van der Waals surface area contributed by atoms with Gasteiger partial charge in [0.15, 0.2) is 6.10 Å². The molecule has 1 heterocycles. The average molecular weight is 544 g/mol. The molecule has 0 bridgehead atoms. The monoisotopic (exact) mass is 543 g/mol. The van der Waals surface area contributed by atoms with Gasteiger partial charge in [-0.3, -0.25) is 9.59 Å². The van der Waals surface area contributed by atoms with Crippen LogP contribution in [0.25, 0.3) is 0 Å². The normalized spacial score (nSPS) is 17.4. The van der Waals surface area contributed by atoms with Crippen molar-refractivity contribution in [2.24, 2.45) is 5.92 Å². The molecule has 0 saturated carbocycles. The first-order valence-electron chi connectivity index (χ1n) is 12.3. The molecule has 3 rings (SSSR count). The van der Waals surface area contributed by atoms with E-state index in [9.17, 15) is 29.4 Å². The fourth-order valence-corrected chi connectivity index (χ4v) is 5.19. The summed E-state index contributed by atoms with van der Waals surface area (Å²) in [6.07, 6.45) is -2.49. The van der Waals surface area contributed by atoms with Gasteiger partial charge in [-0.2, -0.15) is 0 Å². The zero-order valence-corrected chi connectivity index (χ0v) is 22.1. The fraction of sp³-hybridized carbons (Fsp3) is 0.407. The van der Waals surface area contributed by atoms with Gasteiger partial charge < -0.3 is 30.5 Å². The van der Waals surface area contributed by atoms with Gasteiger partial charge in [0.05, 0.1) is 11.9 Å². The molecule has 1 unspecified atom stereocenters. The number of hydrogen-bond donors (Lipinski definition) is 4. The summed E-state index contributed by atoms with van der Waals surface area (Å²) >= 11 is 1.37. The molecule has 3 amide bonds. The highest BCUT2D eigenvalue weighted by Crippen LogP contribution is 2.24. The lowest BCUT2D eigenvalue weighted by Gasteiger charge is -2.31. The van der Waals surface area contributed by atoms with Gasteiger partial charge in [-0.15, -0.1) is 11.8 Å². The van der Waals surface area contributed by atoms with Crippen molar-refractivity contribution in [3.8, 4) is 0 Å². The molecule has 1 fully saturated rings. The van der Waals surface area contributed by atoms with Crippen LogP contribution >= 0.6 is 11.8 Å². The number of ether oxygens (including phenoxy) is 1. The van der Waals surface area contributed by atoms with Gasteiger partial charge in [0.25, 0.3) is 0 Å². The number of carbonyl (C=O) groups is 4. The van der Waals surface area contributed by atoms with Crippen LogP contribution in [0.4, 0.5) is 4.79 Å². The summed E-state index contributed by atoms with van der Waals surface area (Å²) < 4.78 is 5.27. The molecule has 0 spiro atoms. The van der Waals surface area contributed by atoms with Crippen LogP contribution in [0.5, 0.6) is 0 Å². The van der Waals surface area contributed by atoms with Crippen molar-refractivity contribution in [3.05, 3.63) is 71.8 Å². The maximum Gasteiger partial charge on any atom is 0.408 e. The predicted molar refractivity (Wildman–Crippen MR) is 142 cm³/mol. The van der Waals surface area contributed by atoms with Crippen LogP contribution in [0.15, 0.2) is 60.7 Å². The lowest BCUT2D eigenvalue weighted by atomic mass is 10.00. The highest BCUT2D eigenvalue weighted by Gasteiger charge is 2.40. The number of aliphatic hydroxyl groups excluding tert-OH is 1. The third-order valence-electron chi connectivity index (χ3n) is 6.15. The Morgan fingerprint density at radius 2 is 1.61 bits per heavy atom. The zero-order chi connectivity index (χ0) is 27.7. The van der Waals surface area contributed by atoms with Crippen LogP contribution in [0.2, 0.25) is 0 Å². The maximum absolute atomic E-state index is 13.4. The van der Waals surface area contributed by atoms with Crippen LogP contribution in [0.1, 0.15) is 25.0 Å². The number of amides is 3. The molecule has 38 heavy (non-hydrogen) atoms. The van der Waals surface area contributed by atoms with Gasteiger partial charge in [-0.05, 0) is 23.5 Å². The molecule has 4 atom stereocenters. The second-order valence-corrected chi connectivity index (χ2v) is 10.3. The number of nitrogens with one attached hydrogen (secondary N) is 2. The van der Waals surface area contributed by atoms with Crippen LogP contribution in [-0.2, 0) is 32.1 Å². The SMILES string of the molecule is CC(C)[C@H](NC(=O)OCc1ccccc1)C(=O)N1CSC[C@H]1C(=O)N[C@@H](Cc1ccccc1)C(O)C(=O)O. The van der Waals surface area contributed by atoms with Crippen molar-refractivity contribution in [2.75, 3.05) is 11.6 Å². The first-order valence-corrected chi connectivity index (χ1v) is 13.4. The van der Waals surface area contributed by atoms with Gasteiger partial charge >= 0.3 is 12.1 Å². The van der Waals surface area contributed by atoms with E-state index in [1.165, 1.54) is 16.7 Å². The number of alkyl carbamates (subject to hydrolysis) is 1. The first-order chi connectivity index (χ1) is 18.2. The van der Waals surface area contributed by atoms with Crippen molar-refractivity contribution < 1.29 is 34.1 Å². The standard InChI is InChI=1S/C27H33N3O7S/c1-17(2)22(29-27(36)37-14-19-11-7-4-8-12-19)25(33)30-16-38-15-21(30)24(32)28-20(23(31)26(34)35)13-18-9-5-3-6-10-18/h3-12,17,20-23,31H,13-16H2,1-2H3,(H,28,32)(H,29,36)(H,34,35)/t20-,21-,22-,23?/m0/s1. The first kappa shape index (κ1) is 29.0. The molecular formula is C27H33N3O7S. The van der Waals surface area contributed by atoms with E-state index in [0.717, 1.165) is 11.1 Å². The van der Waals surface area contributed by atoms with Gasteiger partial charge in [-0.25, -0.2) is 9.59 Å². The summed E-state index contributed by atoms with van der Waals surface area (Å²) in [7, 11) is 0. The maximum atomic E-state index is 13.4. The van der Waals surface area contributed by atoms with Crippen molar-refractivity contribution in [3.63, 3.8) is 0 Å². The van der Waals surface area contributed by atoms with E-state index >= 15 is 0 Å². The highest BCUT2D eigenvalue weighted by molar-refractivity contribution is 7.99. The van der Waals surface area contributed by atoms with Crippen LogP contribution in [0, 0.1) is 5.92 Å². The number of carboxylic acids is 1. The molecule has 4 N–H and O–H groups in total. The van der Waals surface area contributed by atoms with E-state index in [1.807, 2.05) is 30.3 Å². The van der Waals surface area contributed by atoms with Gasteiger partial charge in [0.2, 0.25) is 11.8 Å². The van der Waals surface area contributed by atoms with E-state index in [2.05, 4.69) is 10.6 Å². The molecular weight excluding hydrogens is 510 g/mol. The zero-order valence-electron chi connectivity index (χ0n) is 21.3. The van der Waals surface area contributed by atoms with E-state index in [4.69, 9.17) is 4.74 Å². The number of nitrogens with zero attached hydrogens (tertiary/aromatic N) is 1. The number of carbonyl (C=O) groups excluding carboxylic acids is 3. The van der Waals surface area contributed by atoms with E-state index < -0.39 is 48.1 Å². The fourth-order valence-electron chi connectivity index (χ4n) is 4.02. The topological polar surface area (TPSA) is 145 Å². The number of hydrogen-bond acceptors (Lipinski definition) is 7. The minimum Gasteiger partial charge on any atom is -0.479 e. The lowest BCUT2D eigenvalue weighted by molar-refractivity contribution is -0.149. The molecule has 1 aliphatic heterocycles. The second-order valence-electron chi connectivity index (χ2n) is 9.34. The van der Waals surface area contributed by atoms with Crippen molar-refractivity contribution in [1.29, 1.82) is 0 Å². The molecule has 11 heteroatoms. The Morgan fingerprint density at radius 3 is 2.18 bits per heavy atom. The summed E-state index contributed by atoms with van der Waals surface area (Å²) in [5.41, 5.74) is 1.54. The average Bonchev–Trinajstić information content (AvgIpc) is 3.40. The van der Waals surface area contributed by atoms with Crippen LogP contribution in [0.3, 0.4) is 0 Å². The minimum atomic E-state index is -1.83. The number of carboxylic acid groups (broad SMARTS) is 1. The van der Waals surface area contributed by atoms with Gasteiger partial charge in [0.1, 0.15) is 18.7 Å². The van der Waals surface area contributed by atoms with Crippen molar-refractivity contribution in [1.82, 2.24) is 15.5 Å². The molecule has 10 nitrogen and oxygen atoms in total. The van der Waals surface area contributed by atoms with E-state index in [1.54, 1.807) is 44.2 Å². The Labute approximate surface area is 225 Å². The third kappa shape index (κ3) is 7.96.